The summed E-state index contributed by atoms with van der Waals surface area (Å²) in [5.41, 5.74) is 9.00. The number of carbonyl (C=O) groups excluding carboxylic acids is 6. The summed E-state index contributed by atoms with van der Waals surface area (Å²) in [6.07, 6.45) is 0.750. The second-order valence-electron chi connectivity index (χ2n) is 0.250. The molecule has 0 spiro atoms. The van der Waals surface area contributed by atoms with Crippen molar-refractivity contribution < 1.29 is 76.2 Å². The van der Waals surface area contributed by atoms with E-state index in [1.54, 1.807) is 0 Å². The summed E-state index contributed by atoms with van der Waals surface area (Å²) in [7, 11) is 0. The first kappa shape index (κ1) is 187. The molecule has 0 unspecified atom stereocenters. The second-order valence-corrected chi connectivity index (χ2v) is 0.250. The van der Waals surface area contributed by atoms with Crippen LogP contribution in [0.4, 0.5) is 0 Å². The second kappa shape index (κ2) is 9280. The maximum Gasteiger partial charge on any atom is 1.00 e. The fourth-order valence-electron chi connectivity index (χ4n) is 0. The van der Waals surface area contributed by atoms with Gasteiger partial charge >= 0.3 is 87.7 Å². The van der Waals surface area contributed by atoms with Crippen LogP contribution in [0.25, 0.3) is 0 Å². The quantitative estimate of drug-likeness (QED) is 0.288. The fraction of sp³-hybridized carbons (Fsp3) is 0.308. The Bertz CT molecular complexity index is 326. The zero-order valence-corrected chi connectivity index (χ0v) is 12.2. The molecule has 0 bridgehead atoms. The summed E-state index contributed by atoms with van der Waals surface area (Å²) in [6, 6.07) is 0. The molecule has 0 atom stereocenters. The van der Waals surface area contributed by atoms with Crippen molar-refractivity contribution in [2.45, 2.75) is 29.7 Å². The predicted molar refractivity (Wildman–Crippen MR) is 96.6 cm³/mol. The maximum atomic E-state index is 8.12. The Morgan fingerprint density at radius 3 is 0.419 bits per heavy atom. The van der Waals surface area contributed by atoms with Gasteiger partial charge in [-0.05, 0) is 0 Å². The molecule has 0 amide bonds. The molecule has 190 valence electrons. The average Bonchev–Trinajstić information content (AvgIpc) is 2.75. The normalized spacial score (nSPS) is 1.42. The molecule has 0 aromatic rings. The number of rotatable bonds is 0. The summed E-state index contributed by atoms with van der Waals surface area (Å²) in [5, 5.41) is 0. The van der Waals surface area contributed by atoms with Gasteiger partial charge in [0.15, 0.2) is 0 Å². The molecule has 18 nitrogen and oxygen atoms in total. The van der Waals surface area contributed by atoms with E-state index in [0.29, 0.717) is 0 Å². The van der Waals surface area contributed by atoms with Gasteiger partial charge in [0.25, 0.3) is 0 Å². The van der Waals surface area contributed by atoms with E-state index in [1.165, 1.54) is 0 Å². The Kier molecular flexibility index (Phi) is 56100. The third kappa shape index (κ3) is 781. The summed E-state index contributed by atoms with van der Waals surface area (Å²) >= 11 is 0. The third-order valence-corrected chi connectivity index (χ3v) is 0. The van der Waals surface area contributed by atoms with Crippen molar-refractivity contribution in [3.05, 3.63) is 49.7 Å². The van der Waals surface area contributed by atoms with Crippen molar-refractivity contribution in [1.29, 1.82) is 11.2 Å². The summed E-state index contributed by atoms with van der Waals surface area (Å²) < 4.78 is 45.0. The van der Waals surface area contributed by atoms with E-state index in [2.05, 4.69) is 51.1 Å². The van der Waals surface area contributed by atoms with Gasteiger partial charge < -0.3 is 11.0 Å². The van der Waals surface area contributed by atoms with Crippen LogP contribution in [0.1, 0.15) is 38.3 Å². The molecule has 0 saturated heterocycles. The predicted octanol–water partition coefficient (Wildman–Crippen LogP) is 0.925. The fourth-order valence-corrected chi connectivity index (χ4v) is 0. The molecule has 0 fully saturated rings. The largest absolute Gasteiger partial charge is 1.00 e. The topological polar surface area (TPSA) is 367 Å². The number of hydrogen-bond donors (Lipinski definition) is 2. The molecule has 18 heteroatoms. The van der Waals surface area contributed by atoms with Crippen molar-refractivity contribution in [1.82, 2.24) is 0 Å². The van der Waals surface area contributed by atoms with E-state index in [0.717, 1.165) is 0 Å². The van der Waals surface area contributed by atoms with Crippen molar-refractivity contribution in [3.63, 3.8) is 0 Å². The van der Waals surface area contributed by atoms with Gasteiger partial charge in [-0.15, -0.1) is 0 Å². The molecule has 0 heterocycles. The summed E-state index contributed by atoms with van der Waals surface area (Å²) in [4.78, 5) is 63.8. The van der Waals surface area contributed by atoms with E-state index >= 15 is 0 Å². The van der Waals surface area contributed by atoms with Gasteiger partial charge in [0.2, 0.25) is 0 Å². The maximum absolute atomic E-state index is 8.12. The SMILES string of the molecule is C.C.C.C.N=O.N=O.O.O.O=C=O.O=C=O.O=C=O.[C-]#[O+].[C-]#[O+].[C-]#[O+].[C-]#[O+].[C-]#[O+].[C-]#[O+].[H+].[HH].[HH].[HH].[HH].[HH]. The molecular weight excluding hydrogens is 440 g/mol. The monoisotopic (exact) mass is 473 g/mol. The van der Waals surface area contributed by atoms with Crippen LogP contribution in [0.15, 0.2) is 0 Å². The molecule has 0 aliphatic heterocycles. The minimum atomic E-state index is 0. The van der Waals surface area contributed by atoms with Gasteiger partial charge in [-0.2, -0.15) is 38.6 Å². The van der Waals surface area contributed by atoms with Crippen LogP contribution < -0.4 is 0 Å². The van der Waals surface area contributed by atoms with Crippen molar-refractivity contribution >= 4 is 18.5 Å². The Balaban J connectivity index is -0.00000000270. The molecule has 0 aromatic carbocycles. The Morgan fingerprint density at radius 2 is 0.419 bits per heavy atom. The average molecular weight is 473 g/mol. The molecule has 0 saturated carbocycles. The number of nitroso groups, excluding NO2 is 2. The molecule has 0 aliphatic carbocycles. The van der Waals surface area contributed by atoms with Crippen molar-refractivity contribution in [2.75, 3.05) is 0 Å². The van der Waals surface area contributed by atoms with Gasteiger partial charge in [0, 0.05) is 7.13 Å². The van der Waals surface area contributed by atoms with E-state index in [4.69, 9.17) is 66.5 Å². The molecular formula is C13H33N2O16+. The van der Waals surface area contributed by atoms with E-state index in [9.17, 15) is 0 Å². The summed E-state index contributed by atoms with van der Waals surface area (Å²) in [5.74, 6) is 0. The van der Waals surface area contributed by atoms with Crippen LogP contribution in [0, 0.1) is 60.9 Å². The Hall–Kier alpha value is -4.30. The molecule has 0 radical (unpaired) electrons. The van der Waals surface area contributed by atoms with Crippen LogP contribution in [0.5, 0.6) is 0 Å². The molecule has 31 heavy (non-hydrogen) atoms. The summed E-state index contributed by atoms with van der Waals surface area (Å²) in [6.45, 7) is 27.0. The standard InChI is InChI=1S/3CO2.6CO.4CH4.2HNO.2H2O.5H2/c3*2-1-3;6*1-2;;;;;2*1-2;;;;;;;/h;;;;;;;;;4*1H4;2*1H;2*1H2;5*1H/p+1. The van der Waals surface area contributed by atoms with Gasteiger partial charge in [-0.3, -0.25) is 0 Å². The third-order valence-electron chi connectivity index (χ3n) is 0. The van der Waals surface area contributed by atoms with Gasteiger partial charge in [-0.1, -0.05) is 40.9 Å². The van der Waals surface area contributed by atoms with Crippen LogP contribution in [-0.2, 0) is 56.7 Å². The van der Waals surface area contributed by atoms with Gasteiger partial charge in [0.05, 0.1) is 0 Å². The minimum absolute atomic E-state index is 0. The number of nitrogens with one attached hydrogen (secondary N) is 2. The minimum Gasteiger partial charge on any atom is 0 e. The van der Waals surface area contributed by atoms with E-state index in [1.807, 2.05) is 0 Å². The van der Waals surface area contributed by atoms with Crippen LogP contribution in [0.2, 0.25) is 0 Å². The first-order chi connectivity index (χ1) is 12.2. The first-order valence-electron chi connectivity index (χ1n) is 2.86. The zero-order chi connectivity index (χ0) is 24.1. The molecule has 6 N–H and O–H groups in total. The Labute approximate surface area is 186 Å². The Morgan fingerprint density at radius 1 is 0.419 bits per heavy atom. The smallest absolute Gasteiger partial charge is 0 e. The number of hydrogen-bond acceptors (Lipinski definition) is 10. The van der Waals surface area contributed by atoms with E-state index in [-0.39, 0.29) is 67.7 Å². The zero-order valence-electron chi connectivity index (χ0n) is 13.2. The van der Waals surface area contributed by atoms with Crippen LogP contribution in [-0.4, -0.2) is 29.4 Å². The molecule has 0 aromatic heterocycles. The van der Waals surface area contributed by atoms with Gasteiger partial charge in [0.1, 0.15) is 0 Å². The van der Waals surface area contributed by atoms with Crippen LogP contribution >= 0.6 is 0 Å². The molecule has 0 rings (SSSR count). The van der Waals surface area contributed by atoms with Crippen molar-refractivity contribution in [3.8, 4) is 0 Å². The van der Waals surface area contributed by atoms with Crippen LogP contribution in [0.3, 0.4) is 0 Å². The van der Waals surface area contributed by atoms with Crippen molar-refractivity contribution in [2.24, 2.45) is 0 Å². The van der Waals surface area contributed by atoms with E-state index < -0.39 is 0 Å². The first-order valence-corrected chi connectivity index (χ1v) is 2.86. The molecule has 0 aliphatic rings. The van der Waals surface area contributed by atoms with Gasteiger partial charge in [-0.25, -0.2) is 0 Å².